The van der Waals surface area contributed by atoms with E-state index in [9.17, 15) is 14.7 Å². The van der Waals surface area contributed by atoms with Gasteiger partial charge in [0.2, 0.25) is 0 Å². The number of amides is 2. The number of ether oxygens (including phenoxy) is 5. The van der Waals surface area contributed by atoms with Gasteiger partial charge in [0.25, 0.3) is 0 Å². The number of aliphatic hydroxyl groups is 1. The van der Waals surface area contributed by atoms with E-state index in [1.807, 2.05) is 44.2 Å². The van der Waals surface area contributed by atoms with Crippen molar-refractivity contribution in [3.05, 3.63) is 91.2 Å². The molecule has 47 heavy (non-hydrogen) atoms. The fraction of sp³-hybridized carbons (Fsp3) is 0.303. The van der Waals surface area contributed by atoms with E-state index in [0.717, 1.165) is 14.7 Å². The summed E-state index contributed by atoms with van der Waals surface area (Å²) < 4.78 is 29.2. The molecule has 1 aliphatic rings. The van der Waals surface area contributed by atoms with Crippen molar-refractivity contribution in [2.24, 2.45) is 5.10 Å². The first-order valence-electron chi connectivity index (χ1n) is 14.7. The zero-order valence-corrected chi connectivity index (χ0v) is 29.2. The maximum Gasteiger partial charge on any atom is 0.337 e. The summed E-state index contributed by atoms with van der Waals surface area (Å²) >= 11 is 8.45. The van der Waals surface area contributed by atoms with Gasteiger partial charge >= 0.3 is 12.0 Å². The summed E-state index contributed by atoms with van der Waals surface area (Å²) in [5.74, 6) is 1.29. The molecule has 0 aromatic heterocycles. The summed E-state index contributed by atoms with van der Waals surface area (Å²) in [5, 5.41) is 20.7. The van der Waals surface area contributed by atoms with Crippen molar-refractivity contribution < 1.29 is 38.4 Å². The summed E-state index contributed by atoms with van der Waals surface area (Å²) in [6.07, 6.45) is 0.387. The first kappa shape index (κ1) is 35.6. The quantitative estimate of drug-likeness (QED) is 0.0521. The minimum atomic E-state index is -1.16. The van der Waals surface area contributed by atoms with Gasteiger partial charge in [-0.25, -0.2) is 9.59 Å². The van der Waals surface area contributed by atoms with Crippen LogP contribution in [0.1, 0.15) is 43.5 Å². The summed E-state index contributed by atoms with van der Waals surface area (Å²) in [7, 11) is 1.27. The summed E-state index contributed by atoms with van der Waals surface area (Å²) in [5.41, 5.74) is 5.47. The third kappa shape index (κ3) is 9.42. The van der Waals surface area contributed by atoms with Crippen LogP contribution in [-0.4, -0.2) is 56.5 Å². The van der Waals surface area contributed by atoms with Crippen LogP contribution in [0.15, 0.2) is 71.0 Å². The number of nitrogens with one attached hydrogen (secondary N) is 3. The first-order valence-corrected chi connectivity index (χ1v) is 16.2. The molecule has 12 nitrogen and oxygen atoms in total. The van der Waals surface area contributed by atoms with E-state index < -0.39 is 24.3 Å². The number of esters is 1. The SMILES string of the molecule is CCOc1cc([C@H]2NC(=O)NC(C)=C2C(=O)OC)ccc1OC[C@H](O)N/N=C/c1cc(I)c(OCc2ccccc2Cl)c(OCC)c1. The van der Waals surface area contributed by atoms with Gasteiger partial charge in [-0.15, -0.1) is 0 Å². The molecule has 14 heteroatoms. The minimum Gasteiger partial charge on any atom is -0.490 e. The van der Waals surface area contributed by atoms with E-state index in [-0.39, 0.29) is 18.8 Å². The number of urea groups is 1. The highest BCUT2D eigenvalue weighted by Gasteiger charge is 2.32. The number of allylic oxidation sites excluding steroid dienone is 1. The Balaban J connectivity index is 1.40. The van der Waals surface area contributed by atoms with Crippen molar-refractivity contribution in [2.45, 2.75) is 39.6 Å². The van der Waals surface area contributed by atoms with Crippen molar-refractivity contribution in [3.8, 4) is 23.0 Å². The summed E-state index contributed by atoms with van der Waals surface area (Å²) in [6.45, 7) is 6.21. The van der Waals surface area contributed by atoms with Gasteiger partial charge in [0, 0.05) is 16.3 Å². The second-order valence-corrected chi connectivity index (χ2v) is 11.6. The van der Waals surface area contributed by atoms with Crippen LogP contribution in [0, 0.1) is 3.57 Å². The number of benzene rings is 3. The third-order valence-corrected chi connectivity index (χ3v) is 7.94. The van der Waals surface area contributed by atoms with Crippen LogP contribution in [0.3, 0.4) is 0 Å². The van der Waals surface area contributed by atoms with Gasteiger partial charge < -0.3 is 39.4 Å². The second kappa shape index (κ2) is 17.1. The third-order valence-electron chi connectivity index (χ3n) is 6.77. The topological polar surface area (TPSA) is 149 Å². The Morgan fingerprint density at radius 2 is 1.81 bits per heavy atom. The molecule has 0 saturated heterocycles. The maximum atomic E-state index is 12.5. The lowest BCUT2D eigenvalue weighted by Gasteiger charge is -2.28. The van der Waals surface area contributed by atoms with Gasteiger partial charge in [0.1, 0.15) is 13.2 Å². The number of rotatable bonds is 15. The molecule has 0 radical (unpaired) electrons. The largest absolute Gasteiger partial charge is 0.490 e. The Hall–Kier alpha value is -4.21. The predicted octanol–water partition coefficient (Wildman–Crippen LogP) is 5.44. The number of hydrogen-bond acceptors (Lipinski definition) is 10. The first-order chi connectivity index (χ1) is 22.6. The van der Waals surface area contributed by atoms with Crippen LogP contribution in [-0.2, 0) is 16.1 Å². The van der Waals surface area contributed by atoms with Crippen LogP contribution < -0.4 is 35.0 Å². The lowest BCUT2D eigenvalue weighted by atomic mass is 9.95. The molecular weight excluding hydrogens is 743 g/mol. The highest BCUT2D eigenvalue weighted by atomic mass is 127. The smallest absolute Gasteiger partial charge is 0.337 e. The van der Waals surface area contributed by atoms with E-state index in [1.165, 1.54) is 7.11 Å². The predicted molar refractivity (Wildman–Crippen MR) is 185 cm³/mol. The van der Waals surface area contributed by atoms with Gasteiger partial charge in [-0.2, -0.15) is 5.10 Å². The van der Waals surface area contributed by atoms with E-state index in [4.69, 9.17) is 35.3 Å². The Morgan fingerprint density at radius 1 is 1.06 bits per heavy atom. The Kier molecular flexibility index (Phi) is 13.0. The second-order valence-electron chi connectivity index (χ2n) is 10.1. The van der Waals surface area contributed by atoms with E-state index >= 15 is 0 Å². The van der Waals surface area contributed by atoms with Gasteiger partial charge in [0.05, 0.1) is 41.7 Å². The molecule has 0 unspecified atom stereocenters. The molecule has 0 spiro atoms. The molecule has 1 heterocycles. The number of methoxy groups -OCH3 is 1. The molecular formula is C33H36ClIN4O8. The van der Waals surface area contributed by atoms with Crippen molar-refractivity contribution in [2.75, 3.05) is 26.9 Å². The van der Waals surface area contributed by atoms with Crippen LogP contribution in [0.25, 0.3) is 0 Å². The summed E-state index contributed by atoms with van der Waals surface area (Å²) in [4.78, 5) is 24.7. The highest BCUT2D eigenvalue weighted by molar-refractivity contribution is 14.1. The number of carbonyl (C=O) groups is 2. The molecule has 4 rings (SSSR count). The van der Waals surface area contributed by atoms with Gasteiger partial charge in [-0.1, -0.05) is 35.9 Å². The molecule has 4 N–H and O–H groups in total. The lowest BCUT2D eigenvalue weighted by Crippen LogP contribution is -2.45. The van der Waals surface area contributed by atoms with Crippen LogP contribution in [0.4, 0.5) is 4.79 Å². The number of nitrogens with zero attached hydrogens (tertiary/aromatic N) is 1. The van der Waals surface area contributed by atoms with E-state index in [1.54, 1.807) is 37.4 Å². The molecule has 2 amide bonds. The molecule has 0 bridgehead atoms. The molecule has 0 saturated carbocycles. The average Bonchev–Trinajstić information content (AvgIpc) is 3.04. The van der Waals surface area contributed by atoms with Crippen molar-refractivity contribution in [1.29, 1.82) is 0 Å². The fourth-order valence-electron chi connectivity index (χ4n) is 4.65. The minimum absolute atomic E-state index is 0.163. The van der Waals surface area contributed by atoms with E-state index in [2.05, 4.69) is 43.8 Å². The number of hydrazone groups is 1. The average molecular weight is 779 g/mol. The molecule has 2 atom stereocenters. The molecule has 3 aromatic carbocycles. The lowest BCUT2D eigenvalue weighted by molar-refractivity contribution is -0.136. The van der Waals surface area contributed by atoms with Gasteiger partial charge in [0.15, 0.2) is 29.2 Å². The molecule has 250 valence electrons. The normalized spacial score (nSPS) is 15.0. The van der Waals surface area contributed by atoms with Gasteiger partial charge in [-0.05, 0) is 84.8 Å². The molecule has 3 aromatic rings. The zero-order chi connectivity index (χ0) is 33.9. The van der Waals surface area contributed by atoms with Crippen molar-refractivity contribution in [1.82, 2.24) is 16.1 Å². The molecule has 0 fully saturated rings. The standard InChI is InChI=1S/C33H36ClIN4O8/c1-5-44-26-15-21(30-29(32(41)43-4)19(3)37-33(42)38-30)11-12-25(26)46-18-28(40)39-36-16-20-13-24(35)31(27(14-20)45-6-2)47-17-22-9-7-8-10-23(22)34/h7-16,28,30,39-40H,5-6,17-18H2,1-4H3,(H2,37,38,42)/b36-16+/t28-,30+/m0/s1. The molecule has 0 aliphatic carbocycles. The summed E-state index contributed by atoms with van der Waals surface area (Å²) in [6, 6.07) is 14.9. The number of halogens is 2. The van der Waals surface area contributed by atoms with Crippen LogP contribution in [0.5, 0.6) is 23.0 Å². The molecule has 1 aliphatic heterocycles. The number of hydrogen-bond donors (Lipinski definition) is 4. The number of aliphatic hydroxyl groups excluding tert-OH is 1. The monoisotopic (exact) mass is 778 g/mol. The van der Waals surface area contributed by atoms with Crippen molar-refractivity contribution >= 4 is 52.4 Å². The van der Waals surface area contributed by atoms with Gasteiger partial charge in [-0.3, -0.25) is 5.43 Å². The van der Waals surface area contributed by atoms with Crippen LogP contribution in [0.2, 0.25) is 5.02 Å². The number of carbonyl (C=O) groups excluding carboxylic acids is 2. The Labute approximate surface area is 291 Å². The highest BCUT2D eigenvalue weighted by Crippen LogP contribution is 2.36. The Bertz CT molecular complexity index is 1650. The van der Waals surface area contributed by atoms with Crippen molar-refractivity contribution in [3.63, 3.8) is 0 Å². The fourth-order valence-corrected chi connectivity index (χ4v) is 5.62. The van der Waals surface area contributed by atoms with E-state index in [0.29, 0.717) is 52.5 Å². The Morgan fingerprint density at radius 3 is 2.53 bits per heavy atom. The van der Waals surface area contributed by atoms with Crippen LogP contribution >= 0.6 is 34.2 Å². The zero-order valence-electron chi connectivity index (χ0n) is 26.3. The maximum absolute atomic E-state index is 12.5.